The lowest BCUT2D eigenvalue weighted by atomic mass is 10.1. The van der Waals surface area contributed by atoms with E-state index in [2.05, 4.69) is 23.6 Å². The Labute approximate surface area is 160 Å². The maximum Gasteiger partial charge on any atom is 0.128 e. The van der Waals surface area contributed by atoms with Gasteiger partial charge in [-0.3, -0.25) is 5.41 Å². The van der Waals surface area contributed by atoms with Gasteiger partial charge in [0.1, 0.15) is 17.5 Å². The van der Waals surface area contributed by atoms with Gasteiger partial charge in [0.15, 0.2) is 0 Å². The number of piperazine rings is 1. The standard InChI is InChI=1S/C21H28FN5/c1-2-3-4-5-6-20-25-11-14-27(20)16-18-8-7-17(15-19(18)22)21(23)26-12-9-24-10-13-26/h4-8,11,14-15,23-25H,2-3,9-10,12-13,16H2,1H3/b5-4-,20-6+,23-21?. The van der Waals surface area contributed by atoms with Gasteiger partial charge in [-0.1, -0.05) is 37.6 Å². The normalized spacial score (nSPS) is 18.5. The Hall–Kier alpha value is -2.60. The Morgan fingerprint density at radius 3 is 2.85 bits per heavy atom. The number of hydrogen-bond acceptors (Lipinski definition) is 4. The van der Waals surface area contributed by atoms with Crippen molar-refractivity contribution < 1.29 is 4.39 Å². The summed E-state index contributed by atoms with van der Waals surface area (Å²) < 4.78 is 14.7. The molecule has 27 heavy (non-hydrogen) atoms. The molecule has 1 aromatic carbocycles. The van der Waals surface area contributed by atoms with E-state index in [0.29, 0.717) is 23.5 Å². The van der Waals surface area contributed by atoms with E-state index in [-0.39, 0.29) is 5.82 Å². The third-order valence-electron chi connectivity index (χ3n) is 4.74. The Morgan fingerprint density at radius 2 is 2.11 bits per heavy atom. The van der Waals surface area contributed by atoms with Gasteiger partial charge in [0.05, 0.1) is 6.54 Å². The van der Waals surface area contributed by atoms with E-state index in [1.54, 1.807) is 6.07 Å². The zero-order valence-electron chi connectivity index (χ0n) is 15.8. The predicted octanol–water partition coefficient (Wildman–Crippen LogP) is 3.13. The molecule has 2 aliphatic heterocycles. The van der Waals surface area contributed by atoms with Crippen molar-refractivity contribution in [2.75, 3.05) is 26.2 Å². The predicted molar refractivity (Wildman–Crippen MR) is 108 cm³/mol. The summed E-state index contributed by atoms with van der Waals surface area (Å²) in [5.74, 6) is 1.05. The first-order valence-corrected chi connectivity index (χ1v) is 9.58. The molecule has 0 aliphatic carbocycles. The van der Waals surface area contributed by atoms with Crippen LogP contribution in [-0.4, -0.2) is 41.8 Å². The zero-order valence-corrected chi connectivity index (χ0v) is 15.8. The third-order valence-corrected chi connectivity index (χ3v) is 4.74. The van der Waals surface area contributed by atoms with E-state index in [1.807, 2.05) is 40.4 Å². The van der Waals surface area contributed by atoms with Gasteiger partial charge >= 0.3 is 0 Å². The van der Waals surface area contributed by atoms with Crippen LogP contribution in [0.1, 0.15) is 30.9 Å². The second-order valence-corrected chi connectivity index (χ2v) is 6.75. The SMILES string of the molecule is CCC/C=C\C=C1/NC=CN1Cc1ccc(C(=N)N2CCNCC2)cc1F. The number of nitrogens with zero attached hydrogens (tertiary/aromatic N) is 2. The maximum atomic E-state index is 14.7. The molecule has 5 nitrogen and oxygen atoms in total. The summed E-state index contributed by atoms with van der Waals surface area (Å²) in [7, 11) is 0. The van der Waals surface area contributed by atoms with Gasteiger partial charge in [-0.15, -0.1) is 0 Å². The van der Waals surface area contributed by atoms with Crippen LogP contribution < -0.4 is 10.6 Å². The van der Waals surface area contributed by atoms with Gasteiger partial charge in [0.2, 0.25) is 0 Å². The van der Waals surface area contributed by atoms with Crippen molar-refractivity contribution in [2.24, 2.45) is 0 Å². The summed E-state index contributed by atoms with van der Waals surface area (Å²) in [5.41, 5.74) is 1.25. The average molecular weight is 369 g/mol. The van der Waals surface area contributed by atoms with Crippen molar-refractivity contribution in [2.45, 2.75) is 26.3 Å². The van der Waals surface area contributed by atoms with Gasteiger partial charge in [0, 0.05) is 49.7 Å². The molecular weight excluding hydrogens is 341 g/mol. The van der Waals surface area contributed by atoms with Crippen molar-refractivity contribution in [3.8, 4) is 0 Å². The first-order valence-electron chi connectivity index (χ1n) is 9.58. The molecule has 0 unspecified atom stereocenters. The number of hydrogen-bond donors (Lipinski definition) is 3. The van der Waals surface area contributed by atoms with Crippen LogP contribution in [0.4, 0.5) is 4.39 Å². The van der Waals surface area contributed by atoms with E-state index in [1.165, 1.54) is 6.07 Å². The van der Waals surface area contributed by atoms with Crippen molar-refractivity contribution in [3.05, 3.63) is 71.6 Å². The summed E-state index contributed by atoms with van der Waals surface area (Å²) in [5, 5.41) is 14.8. The van der Waals surface area contributed by atoms with Crippen LogP contribution in [-0.2, 0) is 6.54 Å². The van der Waals surface area contributed by atoms with Gasteiger partial charge in [-0.2, -0.15) is 0 Å². The van der Waals surface area contributed by atoms with Gasteiger partial charge in [0.25, 0.3) is 0 Å². The minimum Gasteiger partial charge on any atom is -0.354 e. The van der Waals surface area contributed by atoms with Crippen LogP contribution in [0.5, 0.6) is 0 Å². The average Bonchev–Trinajstić information content (AvgIpc) is 3.14. The molecule has 0 radical (unpaired) electrons. The highest BCUT2D eigenvalue weighted by atomic mass is 19.1. The van der Waals surface area contributed by atoms with Crippen molar-refractivity contribution in [3.63, 3.8) is 0 Å². The molecule has 0 bridgehead atoms. The van der Waals surface area contributed by atoms with Crippen LogP contribution >= 0.6 is 0 Å². The third kappa shape index (κ3) is 4.98. The Kier molecular flexibility index (Phi) is 6.65. The molecule has 1 saturated heterocycles. The van der Waals surface area contributed by atoms with Crippen molar-refractivity contribution in [1.82, 2.24) is 20.4 Å². The lowest BCUT2D eigenvalue weighted by Crippen LogP contribution is -2.46. The number of halogens is 1. The van der Waals surface area contributed by atoms with Gasteiger partial charge < -0.3 is 20.4 Å². The molecule has 0 atom stereocenters. The van der Waals surface area contributed by atoms with Crippen molar-refractivity contribution in [1.29, 1.82) is 5.41 Å². The van der Waals surface area contributed by atoms with Gasteiger partial charge in [-0.25, -0.2) is 4.39 Å². The molecule has 1 fully saturated rings. The molecule has 0 aromatic heterocycles. The maximum absolute atomic E-state index is 14.7. The fourth-order valence-corrected chi connectivity index (χ4v) is 3.16. The lowest BCUT2D eigenvalue weighted by Gasteiger charge is -2.29. The molecule has 0 saturated carbocycles. The molecule has 144 valence electrons. The highest BCUT2D eigenvalue weighted by Gasteiger charge is 2.17. The molecule has 2 aliphatic rings. The fraction of sp³-hybridized carbons (Fsp3) is 0.381. The lowest BCUT2D eigenvalue weighted by molar-refractivity contribution is 0.356. The second kappa shape index (κ2) is 9.37. The summed E-state index contributed by atoms with van der Waals surface area (Å²) >= 11 is 0. The van der Waals surface area contributed by atoms with E-state index >= 15 is 0 Å². The molecule has 3 rings (SSSR count). The molecule has 2 heterocycles. The number of amidine groups is 1. The molecule has 0 spiro atoms. The second-order valence-electron chi connectivity index (χ2n) is 6.75. The Balaban J connectivity index is 1.67. The summed E-state index contributed by atoms with van der Waals surface area (Å²) in [6.45, 7) is 5.88. The van der Waals surface area contributed by atoms with Crippen molar-refractivity contribution >= 4 is 5.84 Å². The largest absolute Gasteiger partial charge is 0.354 e. The molecule has 6 heteroatoms. The van der Waals surface area contributed by atoms with E-state index in [4.69, 9.17) is 5.41 Å². The van der Waals surface area contributed by atoms with Crippen LogP contribution in [0.15, 0.2) is 54.6 Å². The number of benzene rings is 1. The Bertz CT molecular complexity index is 747. The first-order chi connectivity index (χ1) is 13.2. The topological polar surface area (TPSA) is 54.4 Å². The fourth-order valence-electron chi connectivity index (χ4n) is 3.16. The highest BCUT2D eigenvalue weighted by Crippen LogP contribution is 2.19. The molecule has 1 aromatic rings. The summed E-state index contributed by atoms with van der Waals surface area (Å²) in [6.07, 6.45) is 12.1. The number of rotatable bonds is 6. The van der Waals surface area contributed by atoms with E-state index < -0.39 is 0 Å². The van der Waals surface area contributed by atoms with E-state index in [9.17, 15) is 4.39 Å². The molecular formula is C21H28FN5. The molecule has 0 amide bonds. The first kappa shape index (κ1) is 19.2. The zero-order chi connectivity index (χ0) is 19.1. The van der Waals surface area contributed by atoms with Gasteiger partial charge in [-0.05, 0) is 18.6 Å². The van der Waals surface area contributed by atoms with E-state index in [0.717, 1.165) is 44.8 Å². The monoisotopic (exact) mass is 369 g/mol. The number of unbranched alkanes of at least 4 members (excludes halogenated alkanes) is 1. The Morgan fingerprint density at radius 1 is 1.30 bits per heavy atom. The van der Waals surface area contributed by atoms with Crippen LogP contribution in [0.3, 0.4) is 0 Å². The van der Waals surface area contributed by atoms with Crippen LogP contribution in [0.2, 0.25) is 0 Å². The highest BCUT2D eigenvalue weighted by molar-refractivity contribution is 5.96. The van der Waals surface area contributed by atoms with Crippen LogP contribution in [0, 0.1) is 11.2 Å². The minimum atomic E-state index is -0.270. The number of allylic oxidation sites excluding steroid dienone is 3. The summed E-state index contributed by atoms with van der Waals surface area (Å²) in [6, 6.07) is 5.12. The minimum absolute atomic E-state index is 0.270. The smallest absolute Gasteiger partial charge is 0.128 e. The van der Waals surface area contributed by atoms with Crippen LogP contribution in [0.25, 0.3) is 0 Å². The number of nitrogens with one attached hydrogen (secondary N) is 3. The summed E-state index contributed by atoms with van der Waals surface area (Å²) in [4.78, 5) is 3.97. The molecule has 3 N–H and O–H groups in total. The quantitative estimate of drug-likeness (QED) is 0.533.